The number of aldehydes is 1. The normalized spacial score (nSPS) is 19.9. The fraction of sp³-hybridized carbons (Fsp3) is 0.462. The van der Waals surface area contributed by atoms with Crippen LogP contribution in [0.25, 0.3) is 0 Å². The molecule has 1 aliphatic rings. The van der Waals surface area contributed by atoms with E-state index in [9.17, 15) is 9.59 Å². The first-order valence-corrected chi connectivity index (χ1v) is 6.28. The molecular formula is C13H17BN2O4. The van der Waals surface area contributed by atoms with Gasteiger partial charge in [-0.15, -0.1) is 0 Å². The molecule has 1 fully saturated rings. The van der Waals surface area contributed by atoms with Crippen LogP contribution in [0.5, 0.6) is 0 Å². The molecule has 20 heavy (non-hydrogen) atoms. The van der Waals surface area contributed by atoms with Crippen LogP contribution in [-0.4, -0.2) is 35.5 Å². The summed E-state index contributed by atoms with van der Waals surface area (Å²) in [7, 11) is -0.647. The third-order valence-electron chi connectivity index (χ3n) is 3.84. The maximum absolute atomic E-state index is 11.3. The maximum Gasteiger partial charge on any atom is 0.496 e. The summed E-state index contributed by atoms with van der Waals surface area (Å²) in [4.78, 5) is 26.1. The lowest BCUT2D eigenvalue weighted by Gasteiger charge is -2.32. The maximum atomic E-state index is 11.3. The van der Waals surface area contributed by atoms with Crippen molar-refractivity contribution in [1.82, 2.24) is 4.98 Å². The number of carbonyl (C=O) groups excluding carboxylic acids is 2. The highest BCUT2D eigenvalue weighted by Gasteiger charge is 2.51. The van der Waals surface area contributed by atoms with Crippen molar-refractivity contribution in [2.24, 2.45) is 5.73 Å². The van der Waals surface area contributed by atoms with Crippen molar-refractivity contribution in [3.05, 3.63) is 23.5 Å². The zero-order valence-electron chi connectivity index (χ0n) is 12.0. The number of rotatable bonds is 3. The number of amides is 1. The van der Waals surface area contributed by atoms with Crippen LogP contribution in [-0.2, 0) is 9.31 Å². The molecule has 106 valence electrons. The Hall–Kier alpha value is -1.73. The summed E-state index contributed by atoms with van der Waals surface area (Å²) >= 11 is 0. The van der Waals surface area contributed by atoms with Crippen LogP contribution in [0.3, 0.4) is 0 Å². The Bertz CT molecular complexity index is 555. The molecule has 2 heterocycles. The molecule has 7 heteroatoms. The van der Waals surface area contributed by atoms with Crippen molar-refractivity contribution < 1.29 is 18.9 Å². The number of pyridine rings is 1. The first-order chi connectivity index (χ1) is 9.18. The van der Waals surface area contributed by atoms with E-state index in [-0.39, 0.29) is 11.3 Å². The smallest absolute Gasteiger partial charge is 0.399 e. The van der Waals surface area contributed by atoms with Crippen LogP contribution in [0, 0.1) is 0 Å². The van der Waals surface area contributed by atoms with Gasteiger partial charge >= 0.3 is 7.12 Å². The number of hydrogen-bond donors (Lipinski definition) is 1. The number of aromatic nitrogens is 1. The molecule has 1 aliphatic heterocycles. The van der Waals surface area contributed by atoms with E-state index in [1.165, 1.54) is 12.3 Å². The minimum atomic E-state index is -0.710. The van der Waals surface area contributed by atoms with Gasteiger partial charge in [0.2, 0.25) is 0 Å². The van der Waals surface area contributed by atoms with E-state index < -0.39 is 24.2 Å². The van der Waals surface area contributed by atoms with Gasteiger partial charge in [0.1, 0.15) is 5.69 Å². The molecule has 2 rings (SSSR count). The second kappa shape index (κ2) is 4.68. The third-order valence-corrected chi connectivity index (χ3v) is 3.84. The SMILES string of the molecule is CC1(C)OB(c2cnc(C=O)c(C(N)=O)c2)OC1(C)C. The van der Waals surface area contributed by atoms with Crippen molar-refractivity contribution in [1.29, 1.82) is 0 Å². The number of nitrogens with two attached hydrogens (primary N) is 1. The lowest BCUT2D eigenvalue weighted by Crippen LogP contribution is -2.41. The number of primary amides is 1. The van der Waals surface area contributed by atoms with Gasteiger partial charge in [0.05, 0.1) is 16.8 Å². The van der Waals surface area contributed by atoms with Crippen molar-refractivity contribution in [3.63, 3.8) is 0 Å². The average molecular weight is 276 g/mol. The second-order valence-corrected chi connectivity index (χ2v) is 5.77. The Morgan fingerprint density at radius 2 is 1.85 bits per heavy atom. The number of nitrogens with zero attached hydrogens (tertiary/aromatic N) is 1. The van der Waals surface area contributed by atoms with Gasteiger partial charge in [-0.1, -0.05) is 0 Å². The summed E-state index contributed by atoms with van der Waals surface area (Å²) in [5.41, 5.74) is 4.89. The van der Waals surface area contributed by atoms with Gasteiger partial charge in [-0.25, -0.2) is 0 Å². The highest BCUT2D eigenvalue weighted by Crippen LogP contribution is 2.36. The van der Waals surface area contributed by atoms with Crippen LogP contribution < -0.4 is 11.2 Å². The van der Waals surface area contributed by atoms with E-state index in [1.54, 1.807) is 0 Å². The quantitative estimate of drug-likeness (QED) is 0.633. The van der Waals surface area contributed by atoms with Crippen molar-refractivity contribution in [2.75, 3.05) is 0 Å². The average Bonchev–Trinajstić information content (AvgIpc) is 2.57. The van der Waals surface area contributed by atoms with Crippen molar-refractivity contribution in [2.45, 2.75) is 38.9 Å². The standard InChI is InChI=1S/C13H17BN2O4/c1-12(2)13(3,4)20-14(19-12)8-5-9(11(15)18)10(7-17)16-6-8/h5-7H,1-4H3,(H2,15,18). The predicted octanol–water partition coefficient (Wildman–Crippen LogP) is 0.292. The fourth-order valence-electron chi connectivity index (χ4n) is 1.89. The van der Waals surface area contributed by atoms with Crippen molar-refractivity contribution >= 4 is 24.8 Å². The number of carbonyl (C=O) groups is 2. The molecule has 0 bridgehead atoms. The minimum Gasteiger partial charge on any atom is -0.399 e. The van der Waals surface area contributed by atoms with E-state index in [0.717, 1.165) is 0 Å². The fourth-order valence-corrected chi connectivity index (χ4v) is 1.89. The lowest BCUT2D eigenvalue weighted by atomic mass is 9.79. The molecule has 0 aromatic carbocycles. The first kappa shape index (κ1) is 14.7. The van der Waals surface area contributed by atoms with E-state index in [1.807, 2.05) is 27.7 Å². The summed E-state index contributed by atoms with van der Waals surface area (Å²) < 4.78 is 11.7. The molecule has 1 aromatic heterocycles. The molecule has 0 spiro atoms. The molecule has 0 saturated carbocycles. The molecule has 0 radical (unpaired) electrons. The van der Waals surface area contributed by atoms with Crippen molar-refractivity contribution in [3.8, 4) is 0 Å². The highest BCUT2D eigenvalue weighted by molar-refractivity contribution is 6.62. The summed E-state index contributed by atoms with van der Waals surface area (Å²) in [5, 5.41) is 0. The third kappa shape index (κ3) is 2.34. The van der Waals surface area contributed by atoms with Crippen LogP contribution >= 0.6 is 0 Å². The van der Waals surface area contributed by atoms with E-state index >= 15 is 0 Å². The molecule has 1 aromatic rings. The lowest BCUT2D eigenvalue weighted by molar-refractivity contribution is 0.00578. The summed E-state index contributed by atoms with van der Waals surface area (Å²) in [6.07, 6.45) is 1.95. The molecule has 0 unspecified atom stereocenters. The Kier molecular flexibility index (Phi) is 3.43. The van der Waals surface area contributed by atoms with Gasteiger partial charge in [0, 0.05) is 11.7 Å². The highest BCUT2D eigenvalue weighted by atomic mass is 16.7. The van der Waals surface area contributed by atoms with E-state index in [2.05, 4.69) is 4.98 Å². The molecule has 2 N–H and O–H groups in total. The van der Waals surface area contributed by atoms with Gasteiger partial charge in [0.15, 0.2) is 6.29 Å². The number of hydrogen-bond acceptors (Lipinski definition) is 5. The molecule has 1 amide bonds. The predicted molar refractivity (Wildman–Crippen MR) is 73.9 cm³/mol. The molecule has 1 saturated heterocycles. The minimum absolute atomic E-state index is 0.0118. The largest absolute Gasteiger partial charge is 0.496 e. The van der Waals surface area contributed by atoms with Gasteiger partial charge in [-0.3, -0.25) is 14.6 Å². The molecular weight excluding hydrogens is 259 g/mol. The Morgan fingerprint density at radius 3 is 2.30 bits per heavy atom. The second-order valence-electron chi connectivity index (χ2n) is 5.77. The van der Waals surface area contributed by atoms with Gasteiger partial charge < -0.3 is 15.0 Å². The molecule has 0 atom stereocenters. The zero-order chi connectivity index (χ0) is 15.1. The van der Waals surface area contributed by atoms with E-state index in [4.69, 9.17) is 15.0 Å². The van der Waals surface area contributed by atoms with Gasteiger partial charge in [0.25, 0.3) is 5.91 Å². The summed E-state index contributed by atoms with van der Waals surface area (Å²) in [5.74, 6) is -0.710. The van der Waals surface area contributed by atoms with Crippen LogP contribution in [0.1, 0.15) is 48.5 Å². The van der Waals surface area contributed by atoms with Crippen LogP contribution in [0.2, 0.25) is 0 Å². The van der Waals surface area contributed by atoms with Gasteiger partial charge in [-0.2, -0.15) is 0 Å². The van der Waals surface area contributed by atoms with Gasteiger partial charge in [-0.05, 0) is 33.8 Å². The van der Waals surface area contributed by atoms with E-state index in [0.29, 0.717) is 11.7 Å². The molecule has 6 nitrogen and oxygen atoms in total. The first-order valence-electron chi connectivity index (χ1n) is 6.28. The molecule has 0 aliphatic carbocycles. The monoisotopic (exact) mass is 276 g/mol. The van der Waals surface area contributed by atoms with Crippen LogP contribution in [0.15, 0.2) is 12.3 Å². The zero-order valence-corrected chi connectivity index (χ0v) is 12.0. The Balaban J connectivity index is 2.39. The Morgan fingerprint density at radius 1 is 1.30 bits per heavy atom. The van der Waals surface area contributed by atoms with Crippen LogP contribution in [0.4, 0.5) is 0 Å². The topological polar surface area (TPSA) is 91.5 Å². The summed E-state index contributed by atoms with van der Waals surface area (Å²) in [6.45, 7) is 7.70. The summed E-state index contributed by atoms with van der Waals surface area (Å²) in [6, 6.07) is 1.49. The Labute approximate surface area is 117 Å².